The Hall–Kier alpha value is -1.15. The Bertz CT molecular complexity index is 408. The van der Waals surface area contributed by atoms with Gasteiger partial charge >= 0.3 is 6.03 Å². The van der Waals surface area contributed by atoms with Gasteiger partial charge in [0, 0.05) is 6.54 Å². The number of urea groups is 1. The number of aromatic nitrogens is 2. The summed E-state index contributed by atoms with van der Waals surface area (Å²) >= 11 is 2.70. The molecule has 0 aliphatic carbocycles. The number of rotatable bonds is 6. The van der Waals surface area contributed by atoms with Crippen molar-refractivity contribution in [2.45, 2.75) is 31.0 Å². The van der Waals surface area contributed by atoms with Gasteiger partial charge in [-0.25, -0.2) is 4.79 Å². The highest BCUT2D eigenvalue weighted by Gasteiger charge is 2.09. The van der Waals surface area contributed by atoms with Crippen LogP contribution in [0.1, 0.15) is 24.8 Å². The Morgan fingerprint density at radius 3 is 2.78 bits per heavy atom. The third-order valence-corrected chi connectivity index (χ3v) is 3.88. The van der Waals surface area contributed by atoms with Crippen LogP contribution in [0.4, 0.5) is 4.79 Å². The van der Waals surface area contributed by atoms with Crippen LogP contribution in [0.5, 0.6) is 0 Å². The van der Waals surface area contributed by atoms with E-state index in [2.05, 4.69) is 20.8 Å². The van der Waals surface area contributed by atoms with Crippen molar-refractivity contribution in [2.24, 2.45) is 0 Å². The van der Waals surface area contributed by atoms with E-state index in [1.54, 1.807) is 0 Å². The first kappa shape index (κ1) is 14.9. The van der Waals surface area contributed by atoms with E-state index in [0.29, 0.717) is 6.54 Å². The molecular formula is C10H16N4O2S2. The van der Waals surface area contributed by atoms with Crippen molar-refractivity contribution in [1.82, 2.24) is 20.8 Å². The van der Waals surface area contributed by atoms with Crippen LogP contribution in [-0.4, -0.2) is 34.4 Å². The van der Waals surface area contributed by atoms with Gasteiger partial charge in [0.15, 0.2) is 4.34 Å². The molecule has 0 unspecified atom stereocenters. The summed E-state index contributed by atoms with van der Waals surface area (Å²) in [7, 11) is 0. The molecule has 3 amide bonds. The normalized spacial score (nSPS) is 10.1. The van der Waals surface area contributed by atoms with Gasteiger partial charge in [0.05, 0.1) is 5.75 Å². The van der Waals surface area contributed by atoms with Gasteiger partial charge in [-0.15, -0.1) is 10.2 Å². The van der Waals surface area contributed by atoms with Crippen LogP contribution in [0, 0.1) is 6.92 Å². The Labute approximate surface area is 114 Å². The van der Waals surface area contributed by atoms with Crippen molar-refractivity contribution < 1.29 is 9.59 Å². The molecule has 0 fully saturated rings. The molecule has 1 heterocycles. The first-order valence-corrected chi connectivity index (χ1v) is 7.42. The maximum absolute atomic E-state index is 11.4. The van der Waals surface area contributed by atoms with Gasteiger partial charge in [0.25, 0.3) is 0 Å². The van der Waals surface area contributed by atoms with E-state index in [9.17, 15) is 9.59 Å². The molecule has 1 aromatic rings. The highest BCUT2D eigenvalue weighted by Crippen LogP contribution is 2.21. The van der Waals surface area contributed by atoms with Crippen LogP contribution in [0.2, 0.25) is 0 Å². The summed E-state index contributed by atoms with van der Waals surface area (Å²) in [6.45, 7) is 4.47. The summed E-state index contributed by atoms with van der Waals surface area (Å²) in [6.07, 6.45) is 1.90. The maximum Gasteiger partial charge on any atom is 0.321 e. The minimum atomic E-state index is -0.442. The molecule has 0 atom stereocenters. The van der Waals surface area contributed by atoms with E-state index >= 15 is 0 Å². The third-order valence-electron chi connectivity index (χ3n) is 1.90. The molecule has 1 rings (SSSR count). The SMILES string of the molecule is CCCCNC(=O)NC(=O)CSc1nnc(C)s1. The van der Waals surface area contributed by atoms with Crippen molar-refractivity contribution in [2.75, 3.05) is 12.3 Å². The van der Waals surface area contributed by atoms with Crippen molar-refractivity contribution in [1.29, 1.82) is 0 Å². The number of hydrogen-bond acceptors (Lipinski definition) is 6. The number of nitrogens with one attached hydrogen (secondary N) is 2. The molecule has 0 saturated heterocycles. The lowest BCUT2D eigenvalue weighted by Crippen LogP contribution is -2.40. The molecular weight excluding hydrogens is 272 g/mol. The zero-order valence-corrected chi connectivity index (χ0v) is 12.0. The fraction of sp³-hybridized carbons (Fsp3) is 0.600. The van der Waals surface area contributed by atoms with Crippen molar-refractivity contribution in [3.63, 3.8) is 0 Å². The van der Waals surface area contributed by atoms with Crippen LogP contribution in [0.3, 0.4) is 0 Å². The van der Waals surface area contributed by atoms with E-state index in [1.165, 1.54) is 23.1 Å². The first-order valence-electron chi connectivity index (χ1n) is 5.62. The van der Waals surface area contributed by atoms with Gasteiger partial charge in [-0.05, 0) is 13.3 Å². The third kappa shape index (κ3) is 5.97. The number of imide groups is 1. The topological polar surface area (TPSA) is 84.0 Å². The lowest BCUT2D eigenvalue weighted by Gasteiger charge is -2.04. The van der Waals surface area contributed by atoms with Crippen LogP contribution in [0.25, 0.3) is 0 Å². The smallest absolute Gasteiger partial charge is 0.321 e. The van der Waals surface area contributed by atoms with E-state index < -0.39 is 6.03 Å². The predicted molar refractivity (Wildman–Crippen MR) is 71.8 cm³/mol. The summed E-state index contributed by atoms with van der Waals surface area (Å²) < 4.78 is 0.731. The summed E-state index contributed by atoms with van der Waals surface area (Å²) in [5.41, 5.74) is 0. The number of hydrogen-bond donors (Lipinski definition) is 2. The van der Waals surface area contributed by atoms with E-state index in [1.807, 2.05) is 13.8 Å². The number of amides is 3. The van der Waals surface area contributed by atoms with Gasteiger partial charge in [0.1, 0.15) is 5.01 Å². The minimum absolute atomic E-state index is 0.163. The number of nitrogens with zero attached hydrogens (tertiary/aromatic N) is 2. The van der Waals surface area contributed by atoms with Gasteiger partial charge in [-0.1, -0.05) is 36.4 Å². The van der Waals surface area contributed by atoms with Crippen LogP contribution >= 0.6 is 23.1 Å². The molecule has 18 heavy (non-hydrogen) atoms. The monoisotopic (exact) mass is 288 g/mol. The van der Waals surface area contributed by atoms with Gasteiger partial charge in [0.2, 0.25) is 5.91 Å². The Morgan fingerprint density at radius 1 is 1.39 bits per heavy atom. The quantitative estimate of drug-likeness (QED) is 0.613. The lowest BCUT2D eigenvalue weighted by molar-refractivity contribution is -0.117. The van der Waals surface area contributed by atoms with E-state index in [4.69, 9.17) is 0 Å². The first-order chi connectivity index (χ1) is 8.61. The molecule has 6 nitrogen and oxygen atoms in total. The summed E-state index contributed by atoms with van der Waals surface area (Å²) in [5.74, 6) is -0.169. The van der Waals surface area contributed by atoms with Gasteiger partial charge in [-0.3, -0.25) is 10.1 Å². The highest BCUT2D eigenvalue weighted by atomic mass is 32.2. The van der Waals surface area contributed by atoms with E-state index in [-0.39, 0.29) is 11.7 Å². The second-order valence-electron chi connectivity index (χ2n) is 3.53. The fourth-order valence-electron chi connectivity index (χ4n) is 1.05. The highest BCUT2D eigenvalue weighted by molar-refractivity contribution is 8.01. The molecule has 2 N–H and O–H groups in total. The van der Waals surface area contributed by atoms with Crippen LogP contribution in [-0.2, 0) is 4.79 Å². The lowest BCUT2D eigenvalue weighted by atomic mass is 10.3. The molecule has 0 radical (unpaired) electrons. The second kappa shape index (κ2) is 8.04. The van der Waals surface area contributed by atoms with Crippen LogP contribution < -0.4 is 10.6 Å². The Morgan fingerprint density at radius 2 is 2.17 bits per heavy atom. The molecule has 0 bridgehead atoms. The molecule has 100 valence electrons. The second-order valence-corrected chi connectivity index (χ2v) is 5.94. The molecule has 0 saturated carbocycles. The standard InChI is InChI=1S/C10H16N4O2S2/c1-3-4-5-11-9(16)12-8(15)6-17-10-14-13-7(2)18-10/h3-6H2,1-2H3,(H2,11,12,15,16). The fourth-order valence-corrected chi connectivity index (χ4v) is 2.67. The molecule has 0 spiro atoms. The summed E-state index contributed by atoms with van der Waals surface area (Å²) in [5, 5.41) is 13.5. The minimum Gasteiger partial charge on any atom is -0.338 e. The Balaban J connectivity index is 2.19. The maximum atomic E-state index is 11.4. The van der Waals surface area contributed by atoms with Gasteiger partial charge < -0.3 is 5.32 Å². The number of thioether (sulfide) groups is 1. The zero-order chi connectivity index (χ0) is 13.4. The van der Waals surface area contributed by atoms with Crippen LogP contribution in [0.15, 0.2) is 4.34 Å². The number of aryl methyl sites for hydroxylation is 1. The van der Waals surface area contributed by atoms with Crippen molar-refractivity contribution in [3.8, 4) is 0 Å². The Kier molecular flexibility index (Phi) is 6.66. The average molecular weight is 288 g/mol. The summed E-state index contributed by atoms with van der Waals surface area (Å²) in [4.78, 5) is 22.7. The summed E-state index contributed by atoms with van der Waals surface area (Å²) in [6, 6.07) is -0.442. The molecule has 0 aliphatic rings. The van der Waals surface area contributed by atoms with Crippen molar-refractivity contribution >= 4 is 35.0 Å². The predicted octanol–water partition coefficient (Wildman–Crippen LogP) is 1.56. The average Bonchev–Trinajstić information content (AvgIpc) is 2.73. The largest absolute Gasteiger partial charge is 0.338 e. The molecule has 1 aromatic heterocycles. The number of carbonyl (C=O) groups is 2. The molecule has 8 heteroatoms. The van der Waals surface area contributed by atoms with E-state index in [0.717, 1.165) is 22.2 Å². The molecule has 0 aliphatic heterocycles. The number of carbonyl (C=O) groups excluding carboxylic acids is 2. The van der Waals surface area contributed by atoms with Gasteiger partial charge in [-0.2, -0.15) is 0 Å². The number of unbranched alkanes of at least 4 members (excludes halogenated alkanes) is 1. The molecule has 0 aromatic carbocycles. The zero-order valence-electron chi connectivity index (χ0n) is 10.4. The van der Waals surface area contributed by atoms with Crippen molar-refractivity contribution in [3.05, 3.63) is 5.01 Å².